The van der Waals surface area contributed by atoms with E-state index in [4.69, 9.17) is 23.2 Å². The SMILES string of the molecule is Clc1cccc(Cl)c1CSc1ncnc2sc(-c3ccccc3)cc12. The van der Waals surface area contributed by atoms with E-state index in [1.807, 2.05) is 36.4 Å². The van der Waals surface area contributed by atoms with Gasteiger partial charge >= 0.3 is 0 Å². The molecule has 0 saturated carbocycles. The van der Waals surface area contributed by atoms with Crippen molar-refractivity contribution in [1.82, 2.24) is 9.97 Å². The number of thioether (sulfide) groups is 1. The van der Waals surface area contributed by atoms with Crippen LogP contribution >= 0.6 is 46.3 Å². The van der Waals surface area contributed by atoms with Crippen LogP contribution < -0.4 is 0 Å². The van der Waals surface area contributed by atoms with E-state index >= 15 is 0 Å². The zero-order valence-electron chi connectivity index (χ0n) is 12.9. The van der Waals surface area contributed by atoms with E-state index in [1.54, 1.807) is 29.4 Å². The van der Waals surface area contributed by atoms with Gasteiger partial charge < -0.3 is 0 Å². The van der Waals surface area contributed by atoms with Gasteiger partial charge in [0, 0.05) is 26.1 Å². The highest BCUT2D eigenvalue weighted by molar-refractivity contribution is 7.98. The third kappa shape index (κ3) is 3.53. The van der Waals surface area contributed by atoms with Gasteiger partial charge in [-0.15, -0.1) is 23.1 Å². The van der Waals surface area contributed by atoms with Gasteiger partial charge in [0.05, 0.1) is 0 Å². The van der Waals surface area contributed by atoms with Crippen molar-refractivity contribution < 1.29 is 0 Å². The molecule has 0 radical (unpaired) electrons. The highest BCUT2D eigenvalue weighted by atomic mass is 35.5. The molecule has 2 aromatic heterocycles. The molecule has 25 heavy (non-hydrogen) atoms. The molecule has 4 rings (SSSR count). The number of halogens is 2. The number of benzene rings is 2. The van der Waals surface area contributed by atoms with Crippen molar-refractivity contribution in [3.63, 3.8) is 0 Å². The van der Waals surface area contributed by atoms with E-state index in [0.29, 0.717) is 15.8 Å². The Balaban J connectivity index is 1.67. The fourth-order valence-corrected chi connectivity index (χ4v) is 5.29. The lowest BCUT2D eigenvalue weighted by atomic mass is 10.2. The maximum absolute atomic E-state index is 6.27. The largest absolute Gasteiger partial charge is 0.229 e. The molecule has 0 unspecified atom stereocenters. The van der Waals surface area contributed by atoms with E-state index in [2.05, 4.69) is 28.2 Å². The summed E-state index contributed by atoms with van der Waals surface area (Å²) in [4.78, 5) is 11.1. The molecule has 124 valence electrons. The van der Waals surface area contributed by atoms with Crippen LogP contribution in [0.5, 0.6) is 0 Å². The minimum atomic E-state index is 0.668. The first kappa shape index (κ1) is 16.9. The first-order chi connectivity index (χ1) is 12.2. The van der Waals surface area contributed by atoms with Crippen LogP contribution in [0.3, 0.4) is 0 Å². The molecule has 0 spiro atoms. The summed E-state index contributed by atoms with van der Waals surface area (Å²) in [5.74, 6) is 0.668. The molecule has 0 N–H and O–H groups in total. The Hall–Kier alpha value is -1.59. The molecule has 6 heteroatoms. The molecule has 2 heterocycles. The summed E-state index contributed by atoms with van der Waals surface area (Å²) in [5, 5.41) is 3.38. The van der Waals surface area contributed by atoms with Crippen LogP contribution in [0.1, 0.15) is 5.56 Å². The summed E-state index contributed by atoms with van der Waals surface area (Å²) in [5.41, 5.74) is 2.12. The number of rotatable bonds is 4. The average Bonchev–Trinajstić information content (AvgIpc) is 3.07. The molecule has 0 aliphatic carbocycles. The second kappa shape index (κ2) is 7.34. The minimum absolute atomic E-state index is 0.668. The molecule has 0 aliphatic heterocycles. The number of aromatic nitrogens is 2. The van der Waals surface area contributed by atoms with Gasteiger partial charge in [0.2, 0.25) is 0 Å². The summed E-state index contributed by atoms with van der Waals surface area (Å²) in [6.45, 7) is 0. The fraction of sp³-hybridized carbons (Fsp3) is 0.0526. The number of fused-ring (bicyclic) bond motifs is 1. The summed E-state index contributed by atoms with van der Waals surface area (Å²) >= 11 is 15.8. The first-order valence-electron chi connectivity index (χ1n) is 7.58. The Kier molecular flexibility index (Phi) is 4.95. The summed E-state index contributed by atoms with van der Waals surface area (Å²) < 4.78 is 0. The van der Waals surface area contributed by atoms with Gasteiger partial charge in [-0.3, -0.25) is 0 Å². The predicted molar refractivity (Wildman–Crippen MR) is 109 cm³/mol. The second-order valence-electron chi connectivity index (χ2n) is 5.36. The van der Waals surface area contributed by atoms with Gasteiger partial charge in [0.1, 0.15) is 16.2 Å². The van der Waals surface area contributed by atoms with Crippen molar-refractivity contribution in [1.29, 1.82) is 0 Å². The molecule has 2 nitrogen and oxygen atoms in total. The summed E-state index contributed by atoms with van der Waals surface area (Å²) in [7, 11) is 0. The molecular weight excluding hydrogens is 391 g/mol. The Morgan fingerprint density at radius 3 is 2.44 bits per heavy atom. The van der Waals surface area contributed by atoms with Crippen molar-refractivity contribution in [2.24, 2.45) is 0 Å². The van der Waals surface area contributed by atoms with Crippen LogP contribution in [0.4, 0.5) is 0 Å². The lowest BCUT2D eigenvalue weighted by Crippen LogP contribution is -1.87. The molecule has 2 aromatic carbocycles. The minimum Gasteiger partial charge on any atom is -0.229 e. The molecule has 0 saturated heterocycles. The number of hydrogen-bond acceptors (Lipinski definition) is 4. The smallest absolute Gasteiger partial charge is 0.128 e. The molecule has 0 atom stereocenters. The van der Waals surface area contributed by atoms with E-state index in [-0.39, 0.29) is 0 Å². The normalized spacial score (nSPS) is 11.1. The highest BCUT2D eigenvalue weighted by Crippen LogP contribution is 2.38. The third-order valence-corrected chi connectivity index (χ3v) is 6.60. The quantitative estimate of drug-likeness (QED) is 0.272. The van der Waals surface area contributed by atoms with Crippen LogP contribution in [0, 0.1) is 0 Å². The Bertz CT molecular complexity index is 1010. The molecule has 0 amide bonds. The Morgan fingerprint density at radius 2 is 1.68 bits per heavy atom. The maximum atomic E-state index is 6.27. The predicted octanol–water partition coefficient (Wildman–Crippen LogP) is 6.96. The number of hydrogen-bond donors (Lipinski definition) is 0. The van der Waals surface area contributed by atoms with Crippen molar-refractivity contribution in [2.45, 2.75) is 10.8 Å². The van der Waals surface area contributed by atoms with Gasteiger partial charge in [-0.05, 0) is 29.3 Å². The number of nitrogens with zero attached hydrogens (tertiary/aromatic N) is 2. The highest BCUT2D eigenvalue weighted by Gasteiger charge is 2.12. The standard InChI is InChI=1S/C19H12Cl2N2S2/c20-15-7-4-8-16(21)14(15)10-24-18-13-9-17(12-5-2-1-3-6-12)25-19(13)23-11-22-18/h1-9,11H,10H2. The van der Waals surface area contributed by atoms with Crippen molar-refractivity contribution in [3.05, 3.63) is 76.5 Å². The lowest BCUT2D eigenvalue weighted by Gasteiger charge is -2.06. The second-order valence-corrected chi connectivity index (χ2v) is 8.17. The molecule has 0 fully saturated rings. The van der Waals surface area contributed by atoms with Crippen LogP contribution in [0.25, 0.3) is 20.7 Å². The van der Waals surface area contributed by atoms with Gasteiger partial charge in [0.15, 0.2) is 0 Å². The average molecular weight is 403 g/mol. The molecule has 0 bridgehead atoms. The van der Waals surface area contributed by atoms with Gasteiger partial charge in [-0.1, -0.05) is 59.6 Å². The van der Waals surface area contributed by atoms with Crippen LogP contribution in [-0.4, -0.2) is 9.97 Å². The van der Waals surface area contributed by atoms with E-state index in [9.17, 15) is 0 Å². The topological polar surface area (TPSA) is 25.8 Å². The van der Waals surface area contributed by atoms with Crippen molar-refractivity contribution in [3.8, 4) is 10.4 Å². The fourth-order valence-electron chi connectivity index (χ4n) is 2.50. The lowest BCUT2D eigenvalue weighted by molar-refractivity contribution is 1.11. The van der Waals surface area contributed by atoms with Gasteiger partial charge in [0.25, 0.3) is 0 Å². The van der Waals surface area contributed by atoms with Crippen molar-refractivity contribution in [2.75, 3.05) is 0 Å². The molecule has 4 aromatic rings. The third-order valence-electron chi connectivity index (χ3n) is 3.77. The van der Waals surface area contributed by atoms with E-state index < -0.39 is 0 Å². The molecule has 0 aliphatic rings. The van der Waals surface area contributed by atoms with E-state index in [0.717, 1.165) is 20.8 Å². The summed E-state index contributed by atoms with van der Waals surface area (Å²) in [6, 6.07) is 18.0. The zero-order valence-corrected chi connectivity index (χ0v) is 16.1. The molecular formula is C19H12Cl2N2S2. The van der Waals surface area contributed by atoms with Crippen molar-refractivity contribution >= 4 is 56.5 Å². The van der Waals surface area contributed by atoms with Crippen LogP contribution in [-0.2, 0) is 5.75 Å². The Labute approximate surface area is 163 Å². The van der Waals surface area contributed by atoms with Gasteiger partial charge in [-0.2, -0.15) is 0 Å². The first-order valence-corrected chi connectivity index (χ1v) is 10.1. The monoisotopic (exact) mass is 402 g/mol. The zero-order chi connectivity index (χ0) is 17.2. The maximum Gasteiger partial charge on any atom is 0.128 e. The summed E-state index contributed by atoms with van der Waals surface area (Å²) in [6.07, 6.45) is 1.62. The van der Waals surface area contributed by atoms with Crippen LogP contribution in [0.15, 0.2) is 66.0 Å². The van der Waals surface area contributed by atoms with Gasteiger partial charge in [-0.25, -0.2) is 9.97 Å². The van der Waals surface area contributed by atoms with Crippen LogP contribution in [0.2, 0.25) is 10.0 Å². The Morgan fingerprint density at radius 1 is 0.920 bits per heavy atom. The number of thiophene rings is 1. The van der Waals surface area contributed by atoms with E-state index in [1.165, 1.54) is 10.4 Å².